The lowest BCUT2D eigenvalue weighted by Crippen LogP contribution is -1.93. The van der Waals surface area contributed by atoms with E-state index >= 15 is 0 Å². The summed E-state index contributed by atoms with van der Waals surface area (Å²) in [6, 6.07) is 6.39. The molecule has 1 aromatic carbocycles. The number of hydrogen-bond acceptors (Lipinski definition) is 4. The van der Waals surface area contributed by atoms with E-state index in [1.54, 1.807) is 6.07 Å². The maximum Gasteiger partial charge on any atom is 0.232 e. The minimum Gasteiger partial charge on any atom is -0.435 e. The van der Waals surface area contributed by atoms with Crippen LogP contribution in [-0.4, -0.2) is 9.97 Å². The first-order valence-electron chi connectivity index (χ1n) is 5.60. The highest BCUT2D eigenvalue weighted by Gasteiger charge is 2.14. The first-order valence-corrected chi connectivity index (χ1v) is 7.17. The Hall–Kier alpha value is -1.43. The fraction of sp³-hybridized carbons (Fsp3) is 0.0769. The second-order valence-electron chi connectivity index (χ2n) is 4.03. The Morgan fingerprint density at radius 1 is 1.25 bits per heavy atom. The van der Waals surface area contributed by atoms with Crippen LogP contribution in [0.3, 0.4) is 0 Å². The number of benzene rings is 1. The van der Waals surface area contributed by atoms with Crippen LogP contribution in [0.15, 0.2) is 24.3 Å². The number of thiophene rings is 1. The molecule has 102 valence electrons. The molecular weight excluding hydrogens is 322 g/mol. The van der Waals surface area contributed by atoms with Crippen LogP contribution < -0.4 is 4.74 Å². The zero-order valence-electron chi connectivity index (χ0n) is 10.2. The normalized spacial score (nSPS) is 11.0. The molecule has 7 heteroatoms. The zero-order chi connectivity index (χ0) is 14.3. The quantitative estimate of drug-likeness (QED) is 0.603. The summed E-state index contributed by atoms with van der Waals surface area (Å²) in [5.74, 6) is -0.424. The molecule has 3 nitrogen and oxygen atoms in total. The molecule has 3 rings (SSSR count). The van der Waals surface area contributed by atoms with Gasteiger partial charge in [-0.1, -0.05) is 17.7 Å². The van der Waals surface area contributed by atoms with Crippen LogP contribution in [-0.2, 0) is 0 Å². The highest BCUT2D eigenvalue weighted by molar-refractivity contribution is 7.18. The molecule has 0 N–H and O–H groups in total. The van der Waals surface area contributed by atoms with Crippen LogP contribution >= 0.6 is 34.5 Å². The van der Waals surface area contributed by atoms with Crippen LogP contribution in [0.25, 0.3) is 10.2 Å². The Labute approximate surface area is 128 Å². The molecule has 2 aromatic heterocycles. The summed E-state index contributed by atoms with van der Waals surface area (Å²) in [4.78, 5) is 9.85. The van der Waals surface area contributed by atoms with E-state index in [9.17, 15) is 4.39 Å². The summed E-state index contributed by atoms with van der Waals surface area (Å²) in [5.41, 5.74) is 0. The van der Waals surface area contributed by atoms with Crippen LogP contribution in [0.5, 0.6) is 11.6 Å². The Morgan fingerprint density at radius 2 is 2.05 bits per heavy atom. The number of nitrogens with zero attached hydrogens (tertiary/aromatic N) is 2. The van der Waals surface area contributed by atoms with Gasteiger partial charge in [-0.15, -0.1) is 11.3 Å². The van der Waals surface area contributed by atoms with Gasteiger partial charge >= 0.3 is 0 Å². The van der Waals surface area contributed by atoms with Crippen molar-refractivity contribution in [2.75, 3.05) is 0 Å². The number of rotatable bonds is 2. The van der Waals surface area contributed by atoms with E-state index in [4.69, 9.17) is 27.9 Å². The predicted molar refractivity (Wildman–Crippen MR) is 78.6 cm³/mol. The van der Waals surface area contributed by atoms with Crippen molar-refractivity contribution >= 4 is 44.8 Å². The van der Waals surface area contributed by atoms with E-state index < -0.39 is 5.82 Å². The minimum atomic E-state index is -0.635. The largest absolute Gasteiger partial charge is 0.435 e. The van der Waals surface area contributed by atoms with Crippen molar-refractivity contribution in [3.8, 4) is 11.6 Å². The van der Waals surface area contributed by atoms with Gasteiger partial charge in [0.05, 0.1) is 10.4 Å². The molecule has 0 saturated carbocycles. The van der Waals surface area contributed by atoms with E-state index in [1.807, 2.05) is 13.0 Å². The smallest absolute Gasteiger partial charge is 0.232 e. The molecule has 0 aliphatic carbocycles. The average Bonchev–Trinajstić information content (AvgIpc) is 2.75. The van der Waals surface area contributed by atoms with Crippen molar-refractivity contribution in [1.82, 2.24) is 9.97 Å². The zero-order valence-corrected chi connectivity index (χ0v) is 12.5. The monoisotopic (exact) mass is 328 g/mol. The Bertz CT molecular complexity index is 806. The summed E-state index contributed by atoms with van der Waals surface area (Å²) < 4.78 is 19.4. The fourth-order valence-electron chi connectivity index (χ4n) is 1.74. The van der Waals surface area contributed by atoms with Gasteiger partial charge in [0, 0.05) is 4.88 Å². The van der Waals surface area contributed by atoms with Crippen LogP contribution in [0.2, 0.25) is 10.3 Å². The topological polar surface area (TPSA) is 35.0 Å². The third-order valence-corrected chi connectivity index (χ3v) is 3.98. The summed E-state index contributed by atoms with van der Waals surface area (Å²) in [6.45, 7) is 1.93. The van der Waals surface area contributed by atoms with Crippen LogP contribution in [0.1, 0.15) is 4.88 Å². The molecule has 3 aromatic rings. The van der Waals surface area contributed by atoms with E-state index in [0.29, 0.717) is 10.2 Å². The van der Waals surface area contributed by atoms with Crippen molar-refractivity contribution in [3.05, 3.63) is 45.3 Å². The summed E-state index contributed by atoms with van der Waals surface area (Å²) in [5, 5.41) is 0.730. The highest BCUT2D eigenvalue weighted by Crippen LogP contribution is 2.35. The lowest BCUT2D eigenvalue weighted by molar-refractivity contribution is 0.432. The Kier molecular flexibility index (Phi) is 3.50. The van der Waals surface area contributed by atoms with Crippen molar-refractivity contribution in [1.29, 1.82) is 0 Å². The Morgan fingerprint density at radius 3 is 2.85 bits per heavy atom. The first-order chi connectivity index (χ1) is 9.54. The number of ether oxygens (including phenoxy) is 1. The molecule has 0 radical (unpaired) electrons. The van der Waals surface area contributed by atoms with E-state index in [2.05, 4.69) is 9.97 Å². The maximum absolute atomic E-state index is 13.9. The molecule has 0 aliphatic heterocycles. The third kappa shape index (κ3) is 2.44. The number of halogens is 3. The van der Waals surface area contributed by atoms with Gasteiger partial charge in [0.15, 0.2) is 11.6 Å². The molecular formula is C13H7Cl2FN2OS. The lowest BCUT2D eigenvalue weighted by Gasteiger charge is -2.07. The van der Waals surface area contributed by atoms with Gasteiger partial charge in [-0.05, 0) is 36.7 Å². The predicted octanol–water partition coefficient (Wildman–Crippen LogP) is 5.24. The fourth-order valence-corrected chi connectivity index (χ4v) is 2.98. The molecule has 0 atom stereocenters. The second-order valence-corrected chi connectivity index (χ2v) is 6.01. The lowest BCUT2D eigenvalue weighted by atomic mass is 10.3. The van der Waals surface area contributed by atoms with E-state index in [-0.39, 0.29) is 21.9 Å². The SMILES string of the molecule is Cc1cc2c(Oc3cccc(Cl)c3F)nc(Cl)nc2s1. The standard InChI is InChI=1S/C13H7Cl2FN2OS/c1-6-5-7-11(17-13(15)18-12(7)20-6)19-9-4-2-3-8(14)10(9)16/h2-5H,1H3. The van der Waals surface area contributed by atoms with Gasteiger partial charge in [0.1, 0.15) is 4.83 Å². The average molecular weight is 329 g/mol. The number of fused-ring (bicyclic) bond motifs is 1. The molecule has 0 fully saturated rings. The molecule has 0 spiro atoms. The number of aryl methyl sites for hydroxylation is 1. The minimum absolute atomic E-state index is 0.00239. The van der Waals surface area contributed by atoms with Crippen molar-refractivity contribution in [2.24, 2.45) is 0 Å². The van der Waals surface area contributed by atoms with E-state index in [0.717, 1.165) is 4.88 Å². The summed E-state index contributed by atoms with van der Waals surface area (Å²) in [7, 11) is 0. The van der Waals surface area contributed by atoms with E-state index in [1.165, 1.54) is 23.5 Å². The molecule has 0 amide bonds. The molecule has 0 unspecified atom stereocenters. The Balaban J connectivity index is 2.12. The molecule has 2 heterocycles. The molecule has 0 aliphatic rings. The van der Waals surface area contributed by atoms with Crippen molar-refractivity contribution < 1.29 is 9.13 Å². The van der Waals surface area contributed by atoms with Gasteiger partial charge in [0.2, 0.25) is 11.2 Å². The number of hydrogen-bond donors (Lipinski definition) is 0. The van der Waals surface area contributed by atoms with Crippen molar-refractivity contribution in [3.63, 3.8) is 0 Å². The third-order valence-electron chi connectivity index (χ3n) is 2.58. The van der Waals surface area contributed by atoms with Gasteiger partial charge in [-0.25, -0.2) is 9.37 Å². The summed E-state index contributed by atoms with van der Waals surface area (Å²) in [6.07, 6.45) is 0. The van der Waals surface area contributed by atoms with Gasteiger partial charge in [0.25, 0.3) is 0 Å². The van der Waals surface area contributed by atoms with Gasteiger partial charge in [-0.2, -0.15) is 4.98 Å². The molecule has 20 heavy (non-hydrogen) atoms. The van der Waals surface area contributed by atoms with Gasteiger partial charge in [-0.3, -0.25) is 0 Å². The summed E-state index contributed by atoms with van der Waals surface area (Å²) >= 11 is 13.0. The molecule has 0 saturated heterocycles. The second kappa shape index (κ2) is 5.16. The number of aromatic nitrogens is 2. The highest BCUT2D eigenvalue weighted by atomic mass is 35.5. The maximum atomic E-state index is 13.9. The molecule has 0 bridgehead atoms. The van der Waals surface area contributed by atoms with Crippen LogP contribution in [0, 0.1) is 12.7 Å². The first kappa shape index (κ1) is 13.5. The van der Waals surface area contributed by atoms with Crippen LogP contribution in [0.4, 0.5) is 4.39 Å². The van der Waals surface area contributed by atoms with Gasteiger partial charge < -0.3 is 4.74 Å². The van der Waals surface area contributed by atoms with Crippen molar-refractivity contribution in [2.45, 2.75) is 6.92 Å².